The molecule has 0 saturated carbocycles. The molecule has 0 aliphatic heterocycles. The van der Waals surface area contributed by atoms with Crippen molar-refractivity contribution in [2.75, 3.05) is 0 Å². The summed E-state index contributed by atoms with van der Waals surface area (Å²) in [5.74, 6) is 0. The molecule has 0 saturated heterocycles. The Bertz CT molecular complexity index is 781. The van der Waals surface area contributed by atoms with Gasteiger partial charge in [-0.3, -0.25) is 0 Å². The Labute approximate surface area is 103 Å². The van der Waals surface area contributed by atoms with Gasteiger partial charge in [0.15, 0.2) is 11.0 Å². The van der Waals surface area contributed by atoms with Crippen molar-refractivity contribution in [3.05, 3.63) is 46.6 Å². The third-order valence-corrected chi connectivity index (χ3v) is 3.19. The molecule has 82 valence electrons. The molecular formula is C13H9ClN3+. The molecule has 2 aromatic heterocycles. The van der Waals surface area contributed by atoms with Crippen LogP contribution in [0, 0.1) is 18.3 Å². The predicted octanol–water partition coefficient (Wildman–Crippen LogP) is 2.74. The zero-order valence-electron chi connectivity index (χ0n) is 9.16. The quantitative estimate of drug-likeness (QED) is 0.478. The minimum absolute atomic E-state index is 0.606. The van der Waals surface area contributed by atoms with Gasteiger partial charge in [0, 0.05) is 6.07 Å². The maximum atomic E-state index is 9.21. The van der Waals surface area contributed by atoms with E-state index < -0.39 is 0 Å². The maximum Gasteiger partial charge on any atom is 0.304 e. The molecule has 1 aromatic carbocycles. The molecule has 3 aromatic rings. The molecular weight excluding hydrogens is 234 g/mol. The summed E-state index contributed by atoms with van der Waals surface area (Å²) < 4.78 is 1.86. The van der Waals surface area contributed by atoms with Crippen LogP contribution in [0.3, 0.4) is 0 Å². The summed E-state index contributed by atoms with van der Waals surface area (Å²) >= 11 is 6.25. The number of nitriles is 1. The highest BCUT2D eigenvalue weighted by atomic mass is 35.5. The SMILES string of the molecule is Cc1cc(Cl)[n+]2c([nH]c3ccccc32)c1C#N. The second-order valence-electron chi connectivity index (χ2n) is 3.96. The first-order valence-corrected chi connectivity index (χ1v) is 5.62. The van der Waals surface area contributed by atoms with Crippen molar-refractivity contribution in [3.63, 3.8) is 0 Å². The van der Waals surface area contributed by atoms with Gasteiger partial charge in [0.1, 0.15) is 11.6 Å². The van der Waals surface area contributed by atoms with Crippen molar-refractivity contribution in [2.45, 2.75) is 6.92 Å². The number of para-hydroxylation sites is 2. The summed E-state index contributed by atoms with van der Waals surface area (Å²) in [5.41, 5.74) is 4.20. The Morgan fingerprint density at radius 1 is 1.35 bits per heavy atom. The van der Waals surface area contributed by atoms with Gasteiger partial charge < -0.3 is 0 Å². The Morgan fingerprint density at radius 3 is 2.88 bits per heavy atom. The lowest BCUT2D eigenvalue weighted by Gasteiger charge is -1.97. The molecule has 0 fully saturated rings. The van der Waals surface area contributed by atoms with Crippen molar-refractivity contribution >= 4 is 28.3 Å². The first-order valence-electron chi connectivity index (χ1n) is 5.24. The van der Waals surface area contributed by atoms with E-state index in [1.807, 2.05) is 41.7 Å². The molecule has 3 rings (SSSR count). The highest BCUT2D eigenvalue weighted by Crippen LogP contribution is 2.19. The number of aryl methyl sites for hydroxylation is 1. The largest absolute Gasteiger partial charge is 0.304 e. The molecule has 0 bridgehead atoms. The lowest BCUT2D eigenvalue weighted by atomic mass is 10.2. The van der Waals surface area contributed by atoms with E-state index >= 15 is 0 Å². The van der Waals surface area contributed by atoms with Crippen LogP contribution in [-0.2, 0) is 0 Å². The number of nitrogens with one attached hydrogen (secondary N) is 1. The van der Waals surface area contributed by atoms with Crippen LogP contribution in [0.15, 0.2) is 30.3 Å². The van der Waals surface area contributed by atoms with Crippen LogP contribution in [-0.4, -0.2) is 4.98 Å². The Kier molecular flexibility index (Phi) is 2.07. The van der Waals surface area contributed by atoms with E-state index in [4.69, 9.17) is 11.6 Å². The molecule has 0 amide bonds. The molecule has 0 aliphatic carbocycles. The first-order chi connectivity index (χ1) is 8.22. The van der Waals surface area contributed by atoms with Crippen molar-refractivity contribution in [1.82, 2.24) is 4.98 Å². The number of benzene rings is 1. The summed E-state index contributed by atoms with van der Waals surface area (Å²) in [7, 11) is 0. The van der Waals surface area contributed by atoms with E-state index in [1.54, 1.807) is 0 Å². The van der Waals surface area contributed by atoms with Gasteiger partial charge in [0.2, 0.25) is 5.15 Å². The van der Waals surface area contributed by atoms with Crippen molar-refractivity contribution in [3.8, 4) is 6.07 Å². The molecule has 0 spiro atoms. The smallest absolute Gasteiger partial charge is 0.235 e. The Balaban J connectivity index is 2.65. The van der Waals surface area contributed by atoms with Crippen LogP contribution < -0.4 is 4.40 Å². The van der Waals surface area contributed by atoms with Gasteiger partial charge in [-0.2, -0.15) is 9.66 Å². The monoisotopic (exact) mass is 242 g/mol. The second kappa shape index (κ2) is 3.47. The standard InChI is InChI=1S/C13H8ClN3/c1-8-6-12(14)17-11-5-3-2-4-10(11)16-13(17)9(8)7-15/h2-6H,1H3/p+1. The lowest BCUT2D eigenvalue weighted by molar-refractivity contribution is -0.478. The third-order valence-electron chi connectivity index (χ3n) is 2.91. The average Bonchev–Trinajstić information content (AvgIpc) is 2.68. The molecule has 0 atom stereocenters. The van der Waals surface area contributed by atoms with Crippen LogP contribution in [0.25, 0.3) is 16.7 Å². The fraction of sp³-hybridized carbons (Fsp3) is 0.0769. The number of nitrogens with zero attached hydrogens (tertiary/aromatic N) is 2. The number of fused-ring (bicyclic) bond motifs is 3. The van der Waals surface area contributed by atoms with Crippen LogP contribution in [0.2, 0.25) is 5.15 Å². The fourth-order valence-electron chi connectivity index (χ4n) is 2.12. The van der Waals surface area contributed by atoms with Gasteiger partial charge in [-0.25, -0.2) is 4.98 Å². The number of hydrogen-bond donors (Lipinski definition) is 1. The molecule has 4 heteroatoms. The average molecular weight is 243 g/mol. The summed E-state index contributed by atoms with van der Waals surface area (Å²) in [5, 5.41) is 9.81. The van der Waals surface area contributed by atoms with Crippen LogP contribution in [0.1, 0.15) is 11.1 Å². The molecule has 2 heterocycles. The molecule has 1 N–H and O–H groups in total. The van der Waals surface area contributed by atoms with Crippen molar-refractivity contribution < 1.29 is 4.40 Å². The fourth-order valence-corrected chi connectivity index (χ4v) is 2.46. The lowest BCUT2D eigenvalue weighted by Crippen LogP contribution is -2.23. The van der Waals surface area contributed by atoms with Crippen LogP contribution in [0.4, 0.5) is 0 Å². The predicted molar refractivity (Wildman–Crippen MR) is 65.9 cm³/mol. The summed E-state index contributed by atoms with van der Waals surface area (Å²) in [6.07, 6.45) is 0. The second-order valence-corrected chi connectivity index (χ2v) is 4.35. The van der Waals surface area contributed by atoms with Gasteiger partial charge in [-0.15, -0.1) is 0 Å². The molecule has 17 heavy (non-hydrogen) atoms. The van der Waals surface area contributed by atoms with Gasteiger partial charge in [-0.1, -0.05) is 12.1 Å². The van der Waals surface area contributed by atoms with E-state index in [2.05, 4.69) is 11.1 Å². The zero-order valence-corrected chi connectivity index (χ0v) is 9.92. The Morgan fingerprint density at radius 2 is 2.12 bits per heavy atom. The number of hydrogen-bond acceptors (Lipinski definition) is 1. The minimum atomic E-state index is 0.606. The van der Waals surface area contributed by atoms with Gasteiger partial charge >= 0.3 is 5.65 Å². The van der Waals surface area contributed by atoms with E-state index in [-0.39, 0.29) is 0 Å². The van der Waals surface area contributed by atoms with Gasteiger partial charge in [-0.05, 0) is 36.2 Å². The van der Waals surface area contributed by atoms with E-state index in [0.717, 1.165) is 22.2 Å². The first kappa shape index (κ1) is 10.1. The zero-order chi connectivity index (χ0) is 12.0. The van der Waals surface area contributed by atoms with Gasteiger partial charge in [0.05, 0.1) is 0 Å². The van der Waals surface area contributed by atoms with E-state index in [1.165, 1.54) is 0 Å². The van der Waals surface area contributed by atoms with Gasteiger partial charge in [0.25, 0.3) is 0 Å². The molecule has 0 unspecified atom stereocenters. The summed E-state index contributed by atoms with van der Waals surface area (Å²) in [6.45, 7) is 1.88. The third kappa shape index (κ3) is 1.31. The topological polar surface area (TPSA) is 43.7 Å². The number of aromatic nitrogens is 2. The number of halogens is 1. The molecule has 3 nitrogen and oxygen atoms in total. The highest BCUT2D eigenvalue weighted by Gasteiger charge is 2.20. The van der Waals surface area contributed by atoms with Crippen molar-refractivity contribution in [1.29, 1.82) is 5.26 Å². The van der Waals surface area contributed by atoms with E-state index in [0.29, 0.717) is 10.7 Å². The number of rotatable bonds is 0. The highest BCUT2D eigenvalue weighted by molar-refractivity contribution is 6.28. The summed E-state index contributed by atoms with van der Waals surface area (Å²) in [6, 6.07) is 11.9. The maximum absolute atomic E-state index is 9.21. The van der Waals surface area contributed by atoms with Crippen LogP contribution in [0.5, 0.6) is 0 Å². The number of imidazole rings is 1. The van der Waals surface area contributed by atoms with Crippen LogP contribution >= 0.6 is 11.6 Å². The molecule has 0 aliphatic rings. The summed E-state index contributed by atoms with van der Waals surface area (Å²) in [4.78, 5) is 3.24. The Hall–Kier alpha value is -2.05. The van der Waals surface area contributed by atoms with Crippen molar-refractivity contribution in [2.24, 2.45) is 0 Å². The number of H-pyrrole nitrogens is 1. The normalized spacial score (nSPS) is 10.9. The number of pyridine rings is 1. The number of aromatic amines is 1. The minimum Gasteiger partial charge on any atom is -0.235 e. The van der Waals surface area contributed by atoms with E-state index in [9.17, 15) is 5.26 Å². The molecule has 0 radical (unpaired) electrons.